The van der Waals surface area contributed by atoms with Gasteiger partial charge >= 0.3 is 0 Å². The van der Waals surface area contributed by atoms with E-state index in [9.17, 15) is 0 Å². The summed E-state index contributed by atoms with van der Waals surface area (Å²) in [5, 5.41) is 0. The van der Waals surface area contributed by atoms with Crippen molar-refractivity contribution in [3.63, 3.8) is 0 Å². The van der Waals surface area contributed by atoms with Gasteiger partial charge in [0.2, 0.25) is 0 Å². The molecule has 0 bridgehead atoms. The molecule has 150 valence electrons. The van der Waals surface area contributed by atoms with Gasteiger partial charge in [-0.1, -0.05) is 53.6 Å². The van der Waals surface area contributed by atoms with Crippen molar-refractivity contribution in [2.45, 2.75) is 25.7 Å². The van der Waals surface area contributed by atoms with Crippen LogP contribution in [-0.2, 0) is 18.9 Å². The summed E-state index contributed by atoms with van der Waals surface area (Å²) in [5.41, 5.74) is 0. The molecule has 26 heavy (non-hydrogen) atoms. The molecule has 0 aliphatic carbocycles. The second kappa shape index (κ2) is 19.4. The molecule has 0 spiro atoms. The fourth-order valence-corrected chi connectivity index (χ4v) is 2.69. The molecule has 1 rings (SSSR count). The van der Waals surface area contributed by atoms with E-state index in [-0.39, 0.29) is 0 Å². The minimum atomic E-state index is 0.547. The quantitative estimate of drug-likeness (QED) is 0.169. The molecule has 6 heteroatoms. The van der Waals surface area contributed by atoms with Crippen molar-refractivity contribution in [2.24, 2.45) is 0 Å². The van der Waals surface area contributed by atoms with E-state index in [1.54, 1.807) is 0 Å². The molecule has 0 aromatic heterocycles. The zero-order valence-corrected chi connectivity index (χ0v) is 17.9. The Kier molecular flexibility index (Phi) is 17.6. The predicted octanol–water partition coefficient (Wildman–Crippen LogP) is 4.13. The molecule has 0 fully saturated rings. The molecule has 1 aromatic rings. The first-order valence-corrected chi connectivity index (χ1v) is 11.0. The average Bonchev–Trinajstić information content (AvgIpc) is 2.68. The summed E-state index contributed by atoms with van der Waals surface area (Å²) >= 11 is 2.42. The van der Waals surface area contributed by atoms with E-state index in [0.717, 1.165) is 18.8 Å². The van der Waals surface area contributed by atoms with Crippen LogP contribution in [0.5, 0.6) is 5.75 Å². The lowest BCUT2D eigenvalue weighted by Gasteiger charge is -2.08. The summed E-state index contributed by atoms with van der Waals surface area (Å²) in [6.45, 7) is 5.56. The molecule has 1 aromatic carbocycles. The van der Waals surface area contributed by atoms with Gasteiger partial charge < -0.3 is 23.7 Å². The molecule has 0 heterocycles. The number of para-hydroxylation sites is 1. The maximum absolute atomic E-state index is 5.53. The Morgan fingerprint density at radius 2 is 1.04 bits per heavy atom. The van der Waals surface area contributed by atoms with E-state index in [1.807, 2.05) is 30.3 Å². The Bertz CT molecular complexity index is 391. The summed E-state index contributed by atoms with van der Waals surface area (Å²) < 4.78 is 28.7. The third kappa shape index (κ3) is 15.8. The minimum Gasteiger partial charge on any atom is -0.491 e. The molecule has 0 aliphatic heterocycles. The maximum atomic E-state index is 5.53. The summed E-state index contributed by atoms with van der Waals surface area (Å²) in [6.07, 6.45) is 5.04. The molecule has 0 radical (unpaired) electrons. The highest BCUT2D eigenvalue weighted by Crippen LogP contribution is 2.07. The van der Waals surface area contributed by atoms with Gasteiger partial charge in [0.25, 0.3) is 0 Å². The van der Waals surface area contributed by atoms with Crippen LogP contribution in [0.3, 0.4) is 0 Å². The lowest BCUT2D eigenvalue weighted by Crippen LogP contribution is -2.13. The first kappa shape index (κ1) is 23.6. The Balaban J connectivity index is 1.68. The van der Waals surface area contributed by atoms with Crippen LogP contribution in [0.15, 0.2) is 30.3 Å². The Labute approximate surface area is 171 Å². The van der Waals surface area contributed by atoms with Gasteiger partial charge in [0.1, 0.15) is 12.4 Å². The van der Waals surface area contributed by atoms with E-state index >= 15 is 0 Å². The molecule has 0 N–H and O–H groups in total. The van der Waals surface area contributed by atoms with Gasteiger partial charge in [-0.25, -0.2) is 0 Å². The molecule has 0 saturated carbocycles. The van der Waals surface area contributed by atoms with E-state index < -0.39 is 0 Å². The van der Waals surface area contributed by atoms with E-state index in [1.165, 1.54) is 23.7 Å². The molecule has 5 nitrogen and oxygen atoms in total. The number of hydrogen-bond acceptors (Lipinski definition) is 5. The molecule has 0 unspecified atom stereocenters. The van der Waals surface area contributed by atoms with Gasteiger partial charge in [-0.2, -0.15) is 0 Å². The van der Waals surface area contributed by atoms with Gasteiger partial charge in [-0.15, -0.1) is 0 Å². The second-order valence-corrected chi connectivity index (χ2v) is 6.79. The number of ether oxygens (including phenoxy) is 5. The fourth-order valence-electron chi connectivity index (χ4n) is 2.15. The van der Waals surface area contributed by atoms with Crippen LogP contribution < -0.4 is 4.74 Å². The first-order chi connectivity index (χ1) is 12.9. The summed E-state index contributed by atoms with van der Waals surface area (Å²) in [6, 6.07) is 9.73. The number of alkyl halides is 1. The summed E-state index contributed by atoms with van der Waals surface area (Å²) in [7, 11) is 0. The van der Waals surface area contributed by atoms with Crippen LogP contribution in [0.2, 0.25) is 0 Å². The summed E-state index contributed by atoms with van der Waals surface area (Å²) in [5.74, 6) is 0.865. The van der Waals surface area contributed by atoms with Crippen LogP contribution in [0.25, 0.3) is 0 Å². The first-order valence-electron chi connectivity index (χ1n) is 9.48. The highest BCUT2D eigenvalue weighted by atomic mass is 127. The fraction of sp³-hybridized carbons (Fsp3) is 0.700. The molecule has 0 atom stereocenters. The number of halogens is 1. The molecule has 0 aliphatic rings. The van der Waals surface area contributed by atoms with Crippen molar-refractivity contribution in [1.29, 1.82) is 0 Å². The number of unbranched alkanes of at least 4 members (excludes halogenated alkanes) is 3. The second-order valence-electron chi connectivity index (χ2n) is 5.71. The van der Waals surface area contributed by atoms with E-state index in [0.29, 0.717) is 52.9 Å². The summed E-state index contributed by atoms with van der Waals surface area (Å²) in [4.78, 5) is 0. The molecule has 0 amide bonds. The highest BCUT2D eigenvalue weighted by Gasteiger charge is 1.95. The highest BCUT2D eigenvalue weighted by molar-refractivity contribution is 14.1. The van der Waals surface area contributed by atoms with Crippen molar-refractivity contribution in [2.75, 3.05) is 63.9 Å². The van der Waals surface area contributed by atoms with Gasteiger partial charge in [-0.05, 0) is 29.4 Å². The van der Waals surface area contributed by atoms with Crippen molar-refractivity contribution in [3.05, 3.63) is 30.3 Å². The Hall–Kier alpha value is -0.410. The van der Waals surface area contributed by atoms with Crippen molar-refractivity contribution in [1.82, 2.24) is 0 Å². The van der Waals surface area contributed by atoms with Gasteiger partial charge in [0.05, 0.1) is 46.2 Å². The minimum absolute atomic E-state index is 0.547. The van der Waals surface area contributed by atoms with Crippen LogP contribution in [0.1, 0.15) is 25.7 Å². The standard InChI is InChI=1S/C20H33IO5/c21-10-6-1-2-7-11-22-12-13-23-14-15-24-16-17-25-18-19-26-20-8-4-3-5-9-20/h3-5,8-9H,1-2,6-7,10-19H2. The van der Waals surface area contributed by atoms with Gasteiger partial charge in [0.15, 0.2) is 0 Å². The van der Waals surface area contributed by atoms with Crippen LogP contribution in [-0.4, -0.2) is 63.9 Å². The largest absolute Gasteiger partial charge is 0.491 e. The van der Waals surface area contributed by atoms with Crippen LogP contribution in [0, 0.1) is 0 Å². The van der Waals surface area contributed by atoms with Gasteiger partial charge in [0, 0.05) is 6.61 Å². The van der Waals surface area contributed by atoms with Crippen molar-refractivity contribution < 1.29 is 23.7 Å². The zero-order chi connectivity index (χ0) is 18.5. The zero-order valence-electron chi connectivity index (χ0n) is 15.7. The lowest BCUT2D eigenvalue weighted by molar-refractivity contribution is -0.00486. The Morgan fingerprint density at radius 3 is 1.62 bits per heavy atom. The average molecular weight is 480 g/mol. The number of benzene rings is 1. The van der Waals surface area contributed by atoms with Crippen molar-refractivity contribution >= 4 is 22.6 Å². The normalized spacial score (nSPS) is 11.0. The number of rotatable bonds is 19. The third-order valence-corrected chi connectivity index (χ3v) is 4.29. The molecular formula is C20H33IO5. The third-order valence-electron chi connectivity index (χ3n) is 3.53. The maximum Gasteiger partial charge on any atom is 0.119 e. The monoisotopic (exact) mass is 480 g/mol. The Morgan fingerprint density at radius 1 is 0.538 bits per heavy atom. The van der Waals surface area contributed by atoms with Crippen molar-refractivity contribution in [3.8, 4) is 5.75 Å². The smallest absolute Gasteiger partial charge is 0.119 e. The van der Waals surface area contributed by atoms with E-state index in [2.05, 4.69) is 22.6 Å². The lowest BCUT2D eigenvalue weighted by atomic mass is 10.2. The molecule has 0 saturated heterocycles. The van der Waals surface area contributed by atoms with E-state index in [4.69, 9.17) is 23.7 Å². The molecular weight excluding hydrogens is 447 g/mol. The van der Waals surface area contributed by atoms with Gasteiger partial charge in [-0.3, -0.25) is 0 Å². The SMILES string of the molecule is ICCCCCCOCCOCCOCCOCCOc1ccccc1. The van der Waals surface area contributed by atoms with Crippen LogP contribution in [0.4, 0.5) is 0 Å². The van der Waals surface area contributed by atoms with Crippen LogP contribution >= 0.6 is 22.6 Å². The predicted molar refractivity (Wildman–Crippen MR) is 113 cm³/mol. The number of hydrogen-bond donors (Lipinski definition) is 0. The topological polar surface area (TPSA) is 46.2 Å².